The number of nitrogens with two attached hydrogens (primary N) is 1. The van der Waals surface area contributed by atoms with Gasteiger partial charge in [-0.3, -0.25) is 9.59 Å². The molecule has 0 spiro atoms. The van der Waals surface area contributed by atoms with Crippen molar-refractivity contribution in [3.05, 3.63) is 23.9 Å². The highest BCUT2D eigenvalue weighted by Crippen LogP contribution is 2.24. The molecule has 1 aromatic heterocycles. The van der Waals surface area contributed by atoms with E-state index in [-0.39, 0.29) is 11.9 Å². The average Bonchev–Trinajstić information content (AvgIpc) is 2.46. The zero-order valence-corrected chi connectivity index (χ0v) is 10.8. The maximum absolute atomic E-state index is 11.5. The number of carbonyl (C=O) groups excluding carboxylic acids is 2. The maximum atomic E-state index is 11.5. The molecular weight excluding hydrogens is 246 g/mol. The van der Waals surface area contributed by atoms with Crippen LogP contribution >= 0.6 is 0 Å². The Balaban J connectivity index is 2.10. The first kappa shape index (κ1) is 13.3. The molecule has 0 radical (unpaired) electrons. The van der Waals surface area contributed by atoms with Gasteiger partial charge < -0.3 is 15.4 Å². The molecule has 19 heavy (non-hydrogen) atoms. The monoisotopic (exact) mass is 263 g/mol. The summed E-state index contributed by atoms with van der Waals surface area (Å²) in [5.41, 5.74) is 5.75. The molecule has 0 saturated carbocycles. The summed E-state index contributed by atoms with van der Waals surface area (Å²) in [4.78, 5) is 29.0. The molecule has 1 saturated heterocycles. The zero-order chi connectivity index (χ0) is 13.8. The van der Waals surface area contributed by atoms with Gasteiger partial charge in [0, 0.05) is 19.3 Å². The molecular formula is C13H17N3O3. The Morgan fingerprint density at radius 3 is 2.68 bits per heavy atom. The Morgan fingerprint density at radius 1 is 1.42 bits per heavy atom. The van der Waals surface area contributed by atoms with Gasteiger partial charge in [0.05, 0.1) is 18.6 Å². The van der Waals surface area contributed by atoms with E-state index in [0.29, 0.717) is 37.3 Å². The number of hydrogen-bond donors (Lipinski definition) is 1. The number of carbonyl (C=O) groups is 2. The standard InChI is InChI=1S/C13H17N3O3/c1-19-13(18)9-4-7-16(8-5-9)12-10(11(14)17)3-2-6-15-12/h2-3,6,9H,4-5,7-8H2,1H3,(H2,14,17). The third-order valence-corrected chi connectivity index (χ3v) is 3.38. The third kappa shape index (κ3) is 2.83. The van der Waals surface area contributed by atoms with Crippen LogP contribution in [0.4, 0.5) is 5.82 Å². The van der Waals surface area contributed by atoms with Crippen LogP contribution in [0.15, 0.2) is 18.3 Å². The fourth-order valence-electron chi connectivity index (χ4n) is 2.33. The van der Waals surface area contributed by atoms with Gasteiger partial charge in [-0.05, 0) is 25.0 Å². The van der Waals surface area contributed by atoms with Crippen LogP contribution in [0.25, 0.3) is 0 Å². The molecule has 0 aliphatic carbocycles. The van der Waals surface area contributed by atoms with E-state index in [9.17, 15) is 9.59 Å². The van der Waals surface area contributed by atoms with Crippen molar-refractivity contribution in [2.45, 2.75) is 12.8 Å². The van der Waals surface area contributed by atoms with E-state index in [1.807, 2.05) is 4.90 Å². The largest absolute Gasteiger partial charge is 0.469 e. The molecule has 1 aromatic rings. The van der Waals surface area contributed by atoms with Crippen molar-refractivity contribution in [3.63, 3.8) is 0 Å². The minimum Gasteiger partial charge on any atom is -0.469 e. The minimum atomic E-state index is -0.488. The number of ether oxygens (including phenoxy) is 1. The van der Waals surface area contributed by atoms with Crippen molar-refractivity contribution < 1.29 is 14.3 Å². The molecule has 0 bridgehead atoms. The fourth-order valence-corrected chi connectivity index (χ4v) is 2.33. The minimum absolute atomic E-state index is 0.0676. The summed E-state index contributed by atoms with van der Waals surface area (Å²) >= 11 is 0. The lowest BCUT2D eigenvalue weighted by molar-refractivity contribution is -0.146. The average molecular weight is 263 g/mol. The summed E-state index contributed by atoms with van der Waals surface area (Å²) in [6.07, 6.45) is 3.02. The van der Waals surface area contributed by atoms with Crippen molar-refractivity contribution in [2.24, 2.45) is 11.7 Å². The van der Waals surface area contributed by atoms with Crippen LogP contribution in [0.1, 0.15) is 23.2 Å². The Bertz CT molecular complexity index is 482. The predicted molar refractivity (Wildman–Crippen MR) is 69.7 cm³/mol. The van der Waals surface area contributed by atoms with Crippen LogP contribution in [0.2, 0.25) is 0 Å². The molecule has 1 amide bonds. The van der Waals surface area contributed by atoms with Crippen LogP contribution < -0.4 is 10.6 Å². The van der Waals surface area contributed by atoms with E-state index >= 15 is 0 Å². The molecule has 0 unspecified atom stereocenters. The van der Waals surface area contributed by atoms with Gasteiger partial charge in [0.25, 0.3) is 5.91 Å². The molecule has 0 aromatic carbocycles. The van der Waals surface area contributed by atoms with Gasteiger partial charge >= 0.3 is 5.97 Å². The Labute approximate surface area is 111 Å². The van der Waals surface area contributed by atoms with Crippen LogP contribution in [0, 0.1) is 5.92 Å². The van der Waals surface area contributed by atoms with Gasteiger partial charge in [0.2, 0.25) is 0 Å². The van der Waals surface area contributed by atoms with E-state index in [0.717, 1.165) is 0 Å². The fraction of sp³-hybridized carbons (Fsp3) is 0.462. The van der Waals surface area contributed by atoms with Crippen LogP contribution in [0.5, 0.6) is 0 Å². The first-order valence-electron chi connectivity index (χ1n) is 6.21. The smallest absolute Gasteiger partial charge is 0.308 e. The van der Waals surface area contributed by atoms with Gasteiger partial charge in [-0.15, -0.1) is 0 Å². The molecule has 1 aliphatic rings. The summed E-state index contributed by atoms with van der Waals surface area (Å²) in [6.45, 7) is 1.33. The lowest BCUT2D eigenvalue weighted by Crippen LogP contribution is -2.38. The van der Waals surface area contributed by atoms with Crippen LogP contribution in [0.3, 0.4) is 0 Å². The molecule has 2 N–H and O–H groups in total. The molecule has 102 valence electrons. The van der Waals surface area contributed by atoms with E-state index < -0.39 is 5.91 Å². The first-order valence-corrected chi connectivity index (χ1v) is 6.21. The van der Waals surface area contributed by atoms with E-state index in [4.69, 9.17) is 10.5 Å². The second-order valence-electron chi connectivity index (χ2n) is 4.52. The van der Waals surface area contributed by atoms with Crippen molar-refractivity contribution in [1.82, 2.24) is 4.98 Å². The number of methoxy groups -OCH3 is 1. The van der Waals surface area contributed by atoms with Crippen molar-refractivity contribution in [3.8, 4) is 0 Å². The Hall–Kier alpha value is -2.11. The third-order valence-electron chi connectivity index (χ3n) is 3.38. The molecule has 2 rings (SSSR count). The first-order chi connectivity index (χ1) is 9.13. The van der Waals surface area contributed by atoms with Crippen LogP contribution in [-0.4, -0.2) is 37.1 Å². The molecule has 0 atom stereocenters. The van der Waals surface area contributed by atoms with Crippen molar-refractivity contribution in [2.75, 3.05) is 25.1 Å². The van der Waals surface area contributed by atoms with Crippen LogP contribution in [-0.2, 0) is 9.53 Å². The zero-order valence-electron chi connectivity index (χ0n) is 10.8. The van der Waals surface area contributed by atoms with Gasteiger partial charge in [-0.1, -0.05) is 0 Å². The molecule has 6 heteroatoms. The number of rotatable bonds is 3. The molecule has 6 nitrogen and oxygen atoms in total. The van der Waals surface area contributed by atoms with Crippen molar-refractivity contribution in [1.29, 1.82) is 0 Å². The number of nitrogens with zero attached hydrogens (tertiary/aromatic N) is 2. The van der Waals surface area contributed by atoms with Gasteiger partial charge in [-0.2, -0.15) is 0 Å². The SMILES string of the molecule is COC(=O)C1CCN(c2ncccc2C(N)=O)CC1. The van der Waals surface area contributed by atoms with E-state index in [1.54, 1.807) is 18.3 Å². The number of hydrogen-bond acceptors (Lipinski definition) is 5. The summed E-state index contributed by atoms with van der Waals surface area (Å²) in [5.74, 6) is -0.130. The highest BCUT2D eigenvalue weighted by atomic mass is 16.5. The lowest BCUT2D eigenvalue weighted by atomic mass is 9.97. The molecule has 1 fully saturated rings. The maximum Gasteiger partial charge on any atom is 0.308 e. The predicted octanol–water partition coefficient (Wildman–Crippen LogP) is 0.570. The highest BCUT2D eigenvalue weighted by Gasteiger charge is 2.27. The number of aromatic nitrogens is 1. The number of primary amides is 1. The lowest BCUT2D eigenvalue weighted by Gasteiger charge is -2.32. The number of piperidine rings is 1. The summed E-state index contributed by atoms with van der Waals surface area (Å²) < 4.78 is 4.75. The summed E-state index contributed by atoms with van der Waals surface area (Å²) in [7, 11) is 1.40. The van der Waals surface area contributed by atoms with Crippen molar-refractivity contribution >= 4 is 17.7 Å². The second-order valence-corrected chi connectivity index (χ2v) is 4.52. The second kappa shape index (κ2) is 5.69. The number of esters is 1. The van der Waals surface area contributed by atoms with E-state index in [2.05, 4.69) is 4.98 Å². The number of anilines is 1. The topological polar surface area (TPSA) is 85.5 Å². The van der Waals surface area contributed by atoms with Gasteiger partial charge in [0.15, 0.2) is 0 Å². The highest BCUT2D eigenvalue weighted by molar-refractivity contribution is 5.97. The summed E-state index contributed by atoms with van der Waals surface area (Å²) in [6, 6.07) is 3.35. The van der Waals surface area contributed by atoms with Gasteiger partial charge in [0.1, 0.15) is 5.82 Å². The Kier molecular flexibility index (Phi) is 3.99. The summed E-state index contributed by atoms with van der Waals surface area (Å²) in [5, 5.41) is 0. The quantitative estimate of drug-likeness (QED) is 0.806. The van der Waals surface area contributed by atoms with Gasteiger partial charge in [-0.25, -0.2) is 4.98 Å². The molecule has 2 heterocycles. The molecule has 1 aliphatic heterocycles. The number of pyridine rings is 1. The number of amides is 1. The van der Waals surface area contributed by atoms with E-state index in [1.165, 1.54) is 7.11 Å². The Morgan fingerprint density at radius 2 is 2.11 bits per heavy atom. The normalized spacial score (nSPS) is 16.2.